The van der Waals surface area contributed by atoms with Gasteiger partial charge in [-0.2, -0.15) is 0 Å². The molecule has 0 saturated carbocycles. The van der Waals surface area contributed by atoms with Crippen molar-refractivity contribution in [2.45, 2.75) is 46.7 Å². The third-order valence-electron chi connectivity index (χ3n) is 8.82. The summed E-state index contributed by atoms with van der Waals surface area (Å²) in [6.07, 6.45) is 23.7. The van der Waals surface area contributed by atoms with E-state index in [0.29, 0.717) is 21.3 Å². The van der Waals surface area contributed by atoms with Crippen LogP contribution in [0, 0.1) is 0 Å². The molecule has 6 rings (SSSR count). The molecule has 2 aromatic carbocycles. The molecule has 2 aromatic rings. The second-order valence-electron chi connectivity index (χ2n) is 11.6. The average molecular weight is 541 g/mol. The molecule has 0 saturated heterocycles. The van der Waals surface area contributed by atoms with Gasteiger partial charge >= 0.3 is 226 Å². The summed E-state index contributed by atoms with van der Waals surface area (Å²) in [5, 5.41) is 0. The van der Waals surface area contributed by atoms with Crippen LogP contribution in [0.15, 0.2) is 155 Å². The molecular formula is C36H36Ge. The number of rotatable bonds is 4. The van der Waals surface area contributed by atoms with E-state index >= 15 is 0 Å². The van der Waals surface area contributed by atoms with Crippen molar-refractivity contribution in [2.24, 2.45) is 0 Å². The first-order valence-electron chi connectivity index (χ1n) is 13.6. The van der Waals surface area contributed by atoms with Crippen LogP contribution in [-0.2, 0) is 0 Å². The number of benzene rings is 2. The maximum atomic E-state index is 2.68. The van der Waals surface area contributed by atoms with E-state index in [9.17, 15) is 0 Å². The van der Waals surface area contributed by atoms with Crippen molar-refractivity contribution >= 4 is 13.3 Å². The number of allylic oxidation sites excluding steroid dienone is 16. The molecule has 0 bridgehead atoms. The summed E-state index contributed by atoms with van der Waals surface area (Å²) in [5.41, 5.74) is 12.0. The van der Waals surface area contributed by atoms with E-state index in [-0.39, 0.29) is 0 Å². The van der Waals surface area contributed by atoms with Gasteiger partial charge in [-0.15, -0.1) is 0 Å². The molecule has 4 aliphatic carbocycles. The first kappa shape index (κ1) is 24.3. The Kier molecular flexibility index (Phi) is 6.33. The fourth-order valence-electron chi connectivity index (χ4n) is 7.49. The van der Waals surface area contributed by atoms with Gasteiger partial charge in [0.05, 0.1) is 0 Å². The second kappa shape index (κ2) is 9.65. The van der Waals surface area contributed by atoms with Crippen LogP contribution in [0.1, 0.15) is 36.8 Å². The molecule has 0 N–H and O–H groups in total. The topological polar surface area (TPSA) is 0 Å². The molecular weight excluding hydrogens is 505 g/mol. The first-order chi connectivity index (χ1) is 18.0. The Morgan fingerprint density at radius 3 is 1.32 bits per heavy atom. The Balaban J connectivity index is 1.43. The Labute approximate surface area is 225 Å². The van der Waals surface area contributed by atoms with E-state index in [0.717, 1.165) is 0 Å². The summed E-state index contributed by atoms with van der Waals surface area (Å²) in [7, 11) is 0. The minimum absolute atomic E-state index is 0.323. The molecule has 0 heterocycles. The molecule has 37 heavy (non-hydrogen) atoms. The molecule has 0 radical (unpaired) electrons. The van der Waals surface area contributed by atoms with Crippen molar-refractivity contribution in [1.82, 2.24) is 0 Å². The quantitative estimate of drug-likeness (QED) is 0.338. The zero-order chi connectivity index (χ0) is 25.6. The molecule has 1 heteroatoms. The Hall–Kier alpha value is -3.10. The van der Waals surface area contributed by atoms with Gasteiger partial charge in [0.15, 0.2) is 0 Å². The molecule has 0 aliphatic heterocycles. The maximum absolute atomic E-state index is 2.68. The molecule has 4 unspecified atom stereocenters. The van der Waals surface area contributed by atoms with Crippen LogP contribution in [0.25, 0.3) is 0 Å². The number of hydrogen-bond donors (Lipinski definition) is 0. The Morgan fingerprint density at radius 1 is 0.514 bits per heavy atom. The third kappa shape index (κ3) is 4.16. The average Bonchev–Trinajstić information content (AvgIpc) is 3.23. The van der Waals surface area contributed by atoms with Gasteiger partial charge in [0.2, 0.25) is 0 Å². The molecule has 0 amide bonds. The molecule has 0 nitrogen and oxygen atoms in total. The van der Waals surface area contributed by atoms with Gasteiger partial charge in [-0.1, -0.05) is 0 Å². The van der Waals surface area contributed by atoms with Crippen LogP contribution in [0.5, 0.6) is 0 Å². The summed E-state index contributed by atoms with van der Waals surface area (Å²) >= 11 is -2.56. The van der Waals surface area contributed by atoms with E-state index in [1.54, 1.807) is 22.3 Å². The fraction of sp³-hybridized carbons (Fsp3) is 0.222. The zero-order valence-corrected chi connectivity index (χ0v) is 24.5. The van der Waals surface area contributed by atoms with E-state index in [4.69, 9.17) is 0 Å². The van der Waals surface area contributed by atoms with Gasteiger partial charge in [0, 0.05) is 0 Å². The minimum atomic E-state index is -2.56. The van der Waals surface area contributed by atoms with E-state index in [1.807, 2.05) is 0 Å². The van der Waals surface area contributed by atoms with Crippen LogP contribution in [0.4, 0.5) is 0 Å². The van der Waals surface area contributed by atoms with Crippen LogP contribution < -0.4 is 0 Å². The Bertz CT molecular complexity index is 1340. The predicted octanol–water partition coefficient (Wildman–Crippen LogP) is 9.77. The molecule has 4 aliphatic rings. The van der Waals surface area contributed by atoms with Crippen molar-refractivity contribution < 1.29 is 0 Å². The van der Waals surface area contributed by atoms with Gasteiger partial charge in [0.25, 0.3) is 0 Å². The summed E-state index contributed by atoms with van der Waals surface area (Å²) in [6, 6.07) is 22.0. The summed E-state index contributed by atoms with van der Waals surface area (Å²) in [5.74, 6) is 6.01. The summed E-state index contributed by atoms with van der Waals surface area (Å²) < 4.78 is 1.11. The zero-order valence-electron chi connectivity index (χ0n) is 22.4. The van der Waals surface area contributed by atoms with Crippen LogP contribution in [0.2, 0.25) is 21.0 Å². The van der Waals surface area contributed by atoms with Crippen molar-refractivity contribution in [3.63, 3.8) is 0 Å². The fourth-order valence-corrected chi connectivity index (χ4v) is 17.9. The molecule has 0 spiro atoms. The van der Waals surface area contributed by atoms with Gasteiger partial charge in [-0.05, 0) is 0 Å². The summed E-state index contributed by atoms with van der Waals surface area (Å²) in [4.78, 5) is 0. The van der Waals surface area contributed by atoms with Gasteiger partial charge in [-0.25, -0.2) is 0 Å². The van der Waals surface area contributed by atoms with Gasteiger partial charge in [-0.3, -0.25) is 0 Å². The summed E-state index contributed by atoms with van der Waals surface area (Å²) in [6.45, 7) is 4.79. The third-order valence-corrected chi connectivity index (χ3v) is 18.3. The number of hydrogen-bond acceptors (Lipinski definition) is 0. The van der Waals surface area contributed by atoms with Crippen LogP contribution in [0.3, 0.4) is 0 Å². The first-order valence-corrected chi connectivity index (χ1v) is 20.2. The normalized spacial score (nSPS) is 26.6. The van der Waals surface area contributed by atoms with Crippen molar-refractivity contribution in [1.29, 1.82) is 0 Å². The monoisotopic (exact) mass is 542 g/mol. The standard InChI is InChI=1S/C36H36Ge/c1-25-23-33-29(27-15-7-5-8-16-27)19-11-13-21-31(33)35(25)37(3,4)36-26(2)24-34-30(20-12-14-22-32(34)36)28-17-9-6-10-18-28/h5-24,29-30,35-36H,1-4H3. The van der Waals surface area contributed by atoms with Crippen molar-refractivity contribution in [2.75, 3.05) is 0 Å². The Morgan fingerprint density at radius 2 is 0.919 bits per heavy atom. The van der Waals surface area contributed by atoms with Crippen LogP contribution >= 0.6 is 0 Å². The molecule has 4 atom stereocenters. The van der Waals surface area contributed by atoms with Gasteiger partial charge < -0.3 is 0 Å². The predicted molar refractivity (Wildman–Crippen MR) is 161 cm³/mol. The molecule has 184 valence electrons. The van der Waals surface area contributed by atoms with E-state index in [1.165, 1.54) is 22.3 Å². The van der Waals surface area contributed by atoms with Crippen molar-refractivity contribution in [3.8, 4) is 0 Å². The molecule has 0 fully saturated rings. The SMILES string of the molecule is CC1=CC2=C(C=CC=CC2c2ccccc2)[CH]1[Ge]([CH3])([CH3])[CH]1C(C)=CC2=C1C=CC=CC2c1ccccc1. The van der Waals surface area contributed by atoms with E-state index in [2.05, 4.69) is 147 Å². The van der Waals surface area contributed by atoms with E-state index < -0.39 is 13.3 Å². The van der Waals surface area contributed by atoms with Gasteiger partial charge in [0.1, 0.15) is 0 Å². The second-order valence-corrected chi connectivity index (χ2v) is 21.6. The van der Waals surface area contributed by atoms with Crippen molar-refractivity contribution in [3.05, 3.63) is 166 Å². The van der Waals surface area contributed by atoms with Crippen LogP contribution in [-0.4, -0.2) is 13.3 Å². The molecule has 0 aromatic heterocycles.